The maximum Gasteiger partial charge on any atom is 0.410 e. The molecule has 1 amide bonds. The third kappa shape index (κ3) is 17.6. The van der Waals surface area contributed by atoms with Gasteiger partial charge in [-0.2, -0.15) is 4.99 Å². The first kappa shape index (κ1) is 54.7. The molecule has 5 aromatic rings. The van der Waals surface area contributed by atoms with Crippen LogP contribution >= 0.6 is 22.7 Å². The Morgan fingerprint density at radius 1 is 0.928 bits per heavy atom. The van der Waals surface area contributed by atoms with E-state index in [-0.39, 0.29) is 24.1 Å². The number of aryl methyl sites for hydroxylation is 2. The minimum atomic E-state index is -1.27. The summed E-state index contributed by atoms with van der Waals surface area (Å²) in [4.78, 5) is 43.7. The van der Waals surface area contributed by atoms with Crippen molar-refractivity contribution >= 4 is 69.8 Å². The van der Waals surface area contributed by atoms with Crippen LogP contribution in [-0.2, 0) is 22.6 Å². The third-order valence-corrected chi connectivity index (χ3v) is 14.6. The van der Waals surface area contributed by atoms with Crippen molar-refractivity contribution in [1.29, 1.82) is 0 Å². The summed E-state index contributed by atoms with van der Waals surface area (Å²) in [5.41, 5.74) is 1.79. The van der Waals surface area contributed by atoms with Crippen LogP contribution in [0.4, 0.5) is 26.0 Å². The molecule has 0 aliphatic rings. The summed E-state index contributed by atoms with van der Waals surface area (Å²) in [6, 6.07) is 15.8. The zero-order valence-electron chi connectivity index (χ0n) is 42.2. The molecule has 1 N–H and O–H groups in total. The van der Waals surface area contributed by atoms with E-state index >= 15 is 0 Å². The molecule has 0 fully saturated rings. The van der Waals surface area contributed by atoms with Gasteiger partial charge in [-0.25, -0.2) is 19.0 Å². The van der Waals surface area contributed by atoms with E-state index in [2.05, 4.69) is 68.3 Å². The maximum atomic E-state index is 14.9. The Balaban J connectivity index is 1.33. The quantitative estimate of drug-likeness (QED) is 0.0356. The number of amides is 1. The molecular weight excluding hydrogens is 934 g/mol. The molecule has 3 aromatic heterocycles. The van der Waals surface area contributed by atoms with Crippen LogP contribution in [0.2, 0.25) is 25.7 Å². The Hall–Kier alpha value is -5.23. The number of likely N-dealkylation sites (N-methyl/N-ethyl adjacent to an activating group) is 2. The number of para-hydroxylation sites is 1. The lowest BCUT2D eigenvalue weighted by molar-refractivity contribution is 0.0286. The van der Waals surface area contributed by atoms with Gasteiger partial charge in [0.05, 0.1) is 23.4 Å². The Bertz CT molecular complexity index is 2630. The summed E-state index contributed by atoms with van der Waals surface area (Å²) >= 11 is 2.86. The van der Waals surface area contributed by atoms with Gasteiger partial charge in [0, 0.05) is 51.8 Å². The molecule has 0 unspecified atom stereocenters. The maximum absolute atomic E-state index is 14.9. The largest absolute Gasteiger partial charge is 0.491 e. The van der Waals surface area contributed by atoms with Gasteiger partial charge in [0.25, 0.3) is 0 Å². The highest BCUT2D eigenvalue weighted by atomic mass is 32.1. The molecule has 0 saturated carbocycles. The second-order valence-corrected chi connectivity index (χ2v) is 27.3. The fourth-order valence-corrected chi connectivity index (χ4v) is 9.67. The summed E-state index contributed by atoms with van der Waals surface area (Å²) in [5, 5.41) is 20.1. The highest BCUT2D eigenvalue weighted by Gasteiger charge is 2.24. The van der Waals surface area contributed by atoms with Crippen LogP contribution in [0, 0.1) is 24.6 Å². The number of aromatic carboxylic acids is 1. The molecule has 19 heteroatoms. The fraction of sp³-hybridized carbons (Fsp3) is 0.520. The second kappa shape index (κ2) is 25.6. The normalized spacial score (nSPS) is 12.2. The van der Waals surface area contributed by atoms with Crippen LogP contribution in [0.25, 0.3) is 10.2 Å². The van der Waals surface area contributed by atoms with E-state index in [1.807, 2.05) is 76.8 Å². The number of halogens is 1. The molecule has 374 valence electrons. The lowest BCUT2D eigenvalue weighted by Gasteiger charge is -2.26. The Labute approximate surface area is 416 Å². The van der Waals surface area contributed by atoms with Crippen molar-refractivity contribution in [3.63, 3.8) is 0 Å². The van der Waals surface area contributed by atoms with Gasteiger partial charge in [-0.15, -0.1) is 21.5 Å². The van der Waals surface area contributed by atoms with Crippen LogP contribution < -0.4 is 14.4 Å². The highest BCUT2D eigenvalue weighted by Crippen LogP contribution is 2.34. The van der Waals surface area contributed by atoms with Gasteiger partial charge in [-0.3, -0.25) is 9.47 Å². The number of aromatic nitrogens is 4. The van der Waals surface area contributed by atoms with Crippen molar-refractivity contribution < 1.29 is 33.3 Å². The van der Waals surface area contributed by atoms with Crippen LogP contribution in [0.15, 0.2) is 53.5 Å². The second-order valence-electron chi connectivity index (χ2n) is 19.6. The number of benzene rings is 2. The zero-order chi connectivity index (χ0) is 50.3. The summed E-state index contributed by atoms with van der Waals surface area (Å²) < 4.78 is 35.5. The molecule has 0 aliphatic carbocycles. The lowest BCUT2D eigenvalue weighted by atomic mass is 10.2. The number of thiazole rings is 2. The van der Waals surface area contributed by atoms with E-state index in [9.17, 15) is 19.1 Å². The smallest absolute Gasteiger partial charge is 0.410 e. The molecule has 5 rings (SSSR count). The number of rotatable bonds is 24. The van der Waals surface area contributed by atoms with Gasteiger partial charge >= 0.3 is 12.1 Å². The number of unbranched alkanes of at least 4 members (excludes halogenated alkanes) is 2. The van der Waals surface area contributed by atoms with Crippen molar-refractivity contribution in [2.24, 2.45) is 4.99 Å². The van der Waals surface area contributed by atoms with E-state index in [0.717, 1.165) is 52.4 Å². The lowest BCUT2D eigenvalue weighted by Crippen LogP contribution is -2.38. The molecule has 0 spiro atoms. The molecule has 0 radical (unpaired) electrons. The average Bonchev–Trinajstić information content (AvgIpc) is 3.85. The number of carbonyl (C=O) groups excluding carboxylic acids is 1. The first-order chi connectivity index (χ1) is 32.7. The SMILES string of the molecule is Cc1cc(N(CCCCCN(C)CCN(C)C(=O)OC(C)(C)C)c2nc(C(=O)O)c(CCCOc3ccc(C#CCN(C)C)cc3F)s2)nnc1/N=c1\sc2ccccc2n1COCC[Si](C)(C)C. The average molecular weight is 1000 g/mol. The van der Waals surface area contributed by atoms with Crippen LogP contribution in [0.5, 0.6) is 5.75 Å². The number of hydrogen-bond acceptors (Lipinski definition) is 14. The van der Waals surface area contributed by atoms with Crippen LogP contribution in [0.3, 0.4) is 0 Å². The Morgan fingerprint density at radius 2 is 1.68 bits per heavy atom. The van der Waals surface area contributed by atoms with E-state index in [4.69, 9.17) is 19.2 Å². The van der Waals surface area contributed by atoms with Crippen molar-refractivity contribution in [3.8, 4) is 17.6 Å². The van der Waals surface area contributed by atoms with Crippen molar-refractivity contribution in [2.75, 3.05) is 79.0 Å². The van der Waals surface area contributed by atoms with Gasteiger partial charge in [-0.05, 0) is 129 Å². The van der Waals surface area contributed by atoms with E-state index in [1.54, 1.807) is 35.4 Å². The molecule has 0 saturated heterocycles. The topological polar surface area (TPSA) is 151 Å². The van der Waals surface area contributed by atoms with Crippen LogP contribution in [-0.4, -0.2) is 139 Å². The van der Waals surface area contributed by atoms with Gasteiger partial charge in [-0.1, -0.05) is 61.4 Å². The number of carbonyl (C=O) groups is 2. The number of anilines is 2. The predicted molar refractivity (Wildman–Crippen MR) is 278 cm³/mol. The number of nitrogens with zero attached hydrogens (tertiary/aromatic N) is 9. The molecular formula is C50H70FN9O6S2Si. The zero-order valence-corrected chi connectivity index (χ0v) is 44.9. The molecule has 0 aliphatic heterocycles. The molecule has 0 bridgehead atoms. The summed E-state index contributed by atoms with van der Waals surface area (Å²) in [6.07, 6.45) is 2.98. The van der Waals surface area contributed by atoms with Gasteiger partial charge in [0.1, 0.15) is 12.3 Å². The predicted octanol–water partition coefficient (Wildman–Crippen LogP) is 9.67. The van der Waals surface area contributed by atoms with Crippen molar-refractivity contribution in [1.82, 2.24) is 34.4 Å². The highest BCUT2D eigenvalue weighted by molar-refractivity contribution is 7.16. The Kier molecular flexibility index (Phi) is 20.3. The van der Waals surface area contributed by atoms with Gasteiger partial charge in [0.2, 0.25) is 0 Å². The number of carboxylic acid groups (broad SMARTS) is 1. The molecule has 0 atom stereocenters. The molecule has 69 heavy (non-hydrogen) atoms. The first-order valence-electron chi connectivity index (χ1n) is 23.4. The molecule has 15 nitrogen and oxygen atoms in total. The van der Waals surface area contributed by atoms with Gasteiger partial charge in [0.15, 0.2) is 38.8 Å². The minimum Gasteiger partial charge on any atom is -0.491 e. The molecule has 2 aromatic carbocycles. The van der Waals surface area contributed by atoms with E-state index in [0.29, 0.717) is 79.6 Å². The van der Waals surface area contributed by atoms with Crippen molar-refractivity contribution in [2.45, 2.75) is 97.8 Å². The Morgan fingerprint density at radius 3 is 2.38 bits per heavy atom. The minimum absolute atomic E-state index is 0.0394. The summed E-state index contributed by atoms with van der Waals surface area (Å²) in [7, 11) is 6.34. The van der Waals surface area contributed by atoms with Crippen molar-refractivity contribution in [3.05, 3.63) is 80.8 Å². The first-order valence-corrected chi connectivity index (χ1v) is 28.8. The summed E-state index contributed by atoms with van der Waals surface area (Å²) in [6.45, 7) is 18.8. The fourth-order valence-electron chi connectivity index (χ4n) is 6.76. The third-order valence-electron chi connectivity index (χ3n) is 10.7. The number of fused-ring (bicyclic) bond motifs is 1. The number of ether oxygens (including phenoxy) is 3. The van der Waals surface area contributed by atoms with E-state index in [1.165, 1.54) is 17.4 Å². The monoisotopic (exact) mass is 1000 g/mol. The van der Waals surface area contributed by atoms with E-state index < -0.39 is 25.5 Å². The summed E-state index contributed by atoms with van der Waals surface area (Å²) in [5.74, 6) is 5.42. The molecule has 3 heterocycles. The number of carboxylic acids is 1. The van der Waals surface area contributed by atoms with Gasteiger partial charge < -0.3 is 34.0 Å². The van der Waals surface area contributed by atoms with Crippen LogP contribution in [0.1, 0.15) is 72.9 Å². The number of hydrogen-bond donors (Lipinski definition) is 1. The standard InChI is InChI=1S/C50H70FN9O6S2Si/c1-36-33-43(54-55-45(36)53-48-60(35-64-31-32-69(9,10)11)39-20-13-14-21-41(39)67-48)59(27-16-12-15-26-57(7)28-29-58(8)49(63)66-50(2,3)4)47-52-44(46(61)62)42(68-47)22-18-30-65-40-24-23-37(34-38(40)51)19-17-25-56(5)6/h13-14,20-21,23-24,33-34H,12,15-16,18,22,25-32,35H2,1-11H3,(H,61,62)/b53-48-.